The summed E-state index contributed by atoms with van der Waals surface area (Å²) in [6.07, 6.45) is -0.838. The molecule has 0 spiro atoms. The molecule has 0 unspecified atom stereocenters. The van der Waals surface area contributed by atoms with E-state index in [-0.39, 0.29) is 28.8 Å². The molecule has 3 aliphatic rings. The molecule has 1 amide bonds. The van der Waals surface area contributed by atoms with Gasteiger partial charge in [-0.05, 0) is 6.92 Å². The lowest BCUT2D eigenvalue weighted by molar-refractivity contribution is -0.163. The van der Waals surface area contributed by atoms with Gasteiger partial charge in [0, 0.05) is 43.3 Å². The Hall–Kier alpha value is -1.14. The fraction of sp³-hybridized carbons (Fsp3) is 0.733. The zero-order valence-corrected chi connectivity index (χ0v) is 16.6. The normalized spacial score (nSPS) is 31.1. The van der Waals surface area contributed by atoms with Crippen molar-refractivity contribution in [2.45, 2.75) is 31.2 Å². The molecule has 0 aromatic heterocycles. The van der Waals surface area contributed by atoms with E-state index in [0.29, 0.717) is 18.0 Å². The zero-order valence-electron chi connectivity index (χ0n) is 15.0. The number of aliphatic hydroxyl groups is 1. The molecule has 2 saturated heterocycles. The topological polar surface area (TPSA) is 118 Å². The zero-order chi connectivity index (χ0) is 19.5. The highest BCUT2D eigenvalue weighted by Crippen LogP contribution is 2.52. The number of hydrogen-bond donors (Lipinski definition) is 2. The van der Waals surface area contributed by atoms with Gasteiger partial charge < -0.3 is 15.1 Å². The average molecular weight is 405 g/mol. The number of thioether (sulfide) groups is 1. The van der Waals surface area contributed by atoms with Crippen LogP contribution in [0.1, 0.15) is 13.8 Å². The van der Waals surface area contributed by atoms with Gasteiger partial charge in [-0.3, -0.25) is 4.79 Å². The van der Waals surface area contributed by atoms with Crippen LogP contribution in [0.3, 0.4) is 0 Å². The highest BCUT2D eigenvalue weighted by Gasteiger charge is 2.60. The van der Waals surface area contributed by atoms with Crippen molar-refractivity contribution in [2.75, 3.05) is 27.2 Å². The second-order valence-corrected chi connectivity index (χ2v) is 10.6. The minimum atomic E-state index is -3.46. The van der Waals surface area contributed by atoms with Crippen LogP contribution in [0.5, 0.6) is 0 Å². The summed E-state index contributed by atoms with van der Waals surface area (Å²) in [7, 11) is -0.535. The van der Waals surface area contributed by atoms with Gasteiger partial charge in [0.1, 0.15) is 5.70 Å². The molecule has 0 aliphatic carbocycles. The number of carbonyl (C=O) groups is 2. The van der Waals surface area contributed by atoms with Crippen LogP contribution in [0.4, 0.5) is 0 Å². The monoisotopic (exact) mass is 405 g/mol. The van der Waals surface area contributed by atoms with Gasteiger partial charge >= 0.3 is 5.97 Å². The summed E-state index contributed by atoms with van der Waals surface area (Å²) in [6.45, 7) is 3.98. The molecule has 2 N–H and O–H groups in total. The third-order valence-electron chi connectivity index (χ3n) is 5.21. The summed E-state index contributed by atoms with van der Waals surface area (Å²) < 4.78 is 26.6. The predicted octanol–water partition coefficient (Wildman–Crippen LogP) is -0.636. The van der Waals surface area contributed by atoms with Gasteiger partial charge in [-0.15, -0.1) is 11.8 Å². The number of nitrogens with zero attached hydrogens (tertiary/aromatic N) is 3. The van der Waals surface area contributed by atoms with Crippen LogP contribution in [0.15, 0.2) is 10.6 Å². The molecule has 0 radical (unpaired) electrons. The summed E-state index contributed by atoms with van der Waals surface area (Å²) in [4.78, 5) is 25.9. The largest absolute Gasteiger partial charge is 0.477 e. The second kappa shape index (κ2) is 6.48. The van der Waals surface area contributed by atoms with Gasteiger partial charge in [-0.1, -0.05) is 6.92 Å². The quantitative estimate of drug-likeness (QED) is 0.565. The maximum absolute atomic E-state index is 12.3. The van der Waals surface area contributed by atoms with Crippen LogP contribution in [0, 0.1) is 11.8 Å². The fourth-order valence-corrected chi connectivity index (χ4v) is 6.66. The van der Waals surface area contributed by atoms with E-state index in [9.17, 15) is 28.2 Å². The maximum Gasteiger partial charge on any atom is 0.353 e. The summed E-state index contributed by atoms with van der Waals surface area (Å²) in [6, 6.07) is -0.349. The maximum atomic E-state index is 12.3. The summed E-state index contributed by atoms with van der Waals surface area (Å²) in [5, 5.41) is 19.4. The molecule has 0 aromatic rings. The van der Waals surface area contributed by atoms with Crippen LogP contribution in [-0.4, -0.2) is 88.6 Å². The number of aliphatic hydroxyl groups excluding tert-OH is 1. The van der Waals surface area contributed by atoms with Gasteiger partial charge in [0.25, 0.3) is 10.2 Å². The molecule has 2 fully saturated rings. The Kier molecular flexibility index (Phi) is 4.89. The van der Waals surface area contributed by atoms with Gasteiger partial charge in [0.05, 0.1) is 18.1 Å². The fourth-order valence-electron chi connectivity index (χ4n) is 3.75. The van der Waals surface area contributed by atoms with Crippen LogP contribution in [0.2, 0.25) is 0 Å². The van der Waals surface area contributed by atoms with Gasteiger partial charge in [0.2, 0.25) is 5.91 Å². The van der Waals surface area contributed by atoms with E-state index in [1.165, 1.54) is 42.0 Å². The molecule has 3 heterocycles. The number of rotatable bonds is 6. The lowest BCUT2D eigenvalue weighted by Crippen LogP contribution is -2.63. The molecule has 26 heavy (non-hydrogen) atoms. The predicted molar refractivity (Wildman–Crippen MR) is 95.2 cm³/mol. The minimum Gasteiger partial charge on any atom is -0.477 e. The molecule has 0 aromatic carbocycles. The Morgan fingerprint density at radius 2 is 1.92 bits per heavy atom. The molecular formula is C15H23N3O6S2. The van der Waals surface area contributed by atoms with Crippen molar-refractivity contribution in [1.82, 2.24) is 13.5 Å². The molecule has 9 nitrogen and oxygen atoms in total. The van der Waals surface area contributed by atoms with E-state index < -0.39 is 28.2 Å². The summed E-state index contributed by atoms with van der Waals surface area (Å²) in [5.41, 5.74) is -0.0247. The van der Waals surface area contributed by atoms with Crippen molar-refractivity contribution < 1.29 is 28.2 Å². The van der Waals surface area contributed by atoms with Gasteiger partial charge in [0.15, 0.2) is 0 Å². The number of carboxylic acids is 1. The first kappa shape index (κ1) is 19.6. The van der Waals surface area contributed by atoms with Gasteiger partial charge in [-0.25, -0.2) is 4.79 Å². The van der Waals surface area contributed by atoms with Crippen molar-refractivity contribution in [3.8, 4) is 0 Å². The van der Waals surface area contributed by atoms with E-state index >= 15 is 0 Å². The van der Waals surface area contributed by atoms with E-state index in [1.54, 1.807) is 0 Å². The highest BCUT2D eigenvalue weighted by molar-refractivity contribution is 8.04. The third-order valence-corrected chi connectivity index (χ3v) is 8.53. The van der Waals surface area contributed by atoms with Crippen LogP contribution >= 0.6 is 11.8 Å². The Labute approximate surface area is 156 Å². The van der Waals surface area contributed by atoms with E-state index in [4.69, 9.17) is 0 Å². The Bertz CT molecular complexity index is 772. The van der Waals surface area contributed by atoms with Crippen LogP contribution < -0.4 is 0 Å². The van der Waals surface area contributed by atoms with Crippen molar-refractivity contribution in [1.29, 1.82) is 0 Å². The molecular weight excluding hydrogens is 382 g/mol. The van der Waals surface area contributed by atoms with Crippen molar-refractivity contribution >= 4 is 33.8 Å². The lowest BCUT2D eigenvalue weighted by Gasteiger charge is -2.46. The first-order valence-electron chi connectivity index (χ1n) is 8.31. The summed E-state index contributed by atoms with van der Waals surface area (Å²) >= 11 is 1.33. The van der Waals surface area contributed by atoms with Gasteiger partial charge in [-0.2, -0.15) is 17.0 Å². The molecule has 3 aliphatic heterocycles. The smallest absolute Gasteiger partial charge is 0.353 e. The first-order chi connectivity index (χ1) is 12.0. The Morgan fingerprint density at radius 1 is 1.35 bits per heavy atom. The molecule has 3 rings (SSSR count). The third kappa shape index (κ3) is 2.76. The standard InChI is InChI=1S/C15H23N3O6S2/c1-7-11-10(8(2)19)14(20)18(11)12(15(21)22)13(7)25-9-5-17(6-9)26(23,24)16(3)4/h7-11,19H,5-6H2,1-4H3,(H,21,22)/t7-,8-,10-,11-/m1/s1. The first-order valence-corrected chi connectivity index (χ1v) is 10.6. The number of fused-ring (bicyclic) bond motifs is 1. The number of hydrogen-bond acceptors (Lipinski definition) is 6. The number of aliphatic carboxylic acids is 1. The second-order valence-electron chi connectivity index (χ2n) is 7.12. The van der Waals surface area contributed by atoms with E-state index in [2.05, 4.69) is 0 Å². The molecule has 146 valence electrons. The number of carboxylic acid groups (broad SMARTS) is 1. The molecule has 4 atom stereocenters. The minimum absolute atomic E-state index is 0.0247. The van der Waals surface area contributed by atoms with Crippen molar-refractivity contribution in [3.63, 3.8) is 0 Å². The van der Waals surface area contributed by atoms with Crippen molar-refractivity contribution in [3.05, 3.63) is 10.6 Å². The Morgan fingerprint density at radius 3 is 2.38 bits per heavy atom. The van der Waals surface area contributed by atoms with E-state index in [1.807, 2.05) is 6.92 Å². The number of carbonyl (C=O) groups excluding carboxylic acids is 1. The molecule has 11 heteroatoms. The number of amides is 1. The number of β-lactam (4-membered cyclic amide) rings is 1. The molecule has 0 bridgehead atoms. The highest BCUT2D eigenvalue weighted by atomic mass is 32.2. The average Bonchev–Trinajstić information content (AvgIpc) is 2.71. The Balaban J connectivity index is 1.76. The molecule has 0 saturated carbocycles. The van der Waals surface area contributed by atoms with Crippen molar-refractivity contribution in [2.24, 2.45) is 11.8 Å². The summed E-state index contributed by atoms with van der Waals surface area (Å²) in [5.74, 6) is -2.33. The lowest BCUT2D eigenvalue weighted by atomic mass is 9.79. The van der Waals surface area contributed by atoms with Crippen LogP contribution in [-0.2, 0) is 19.8 Å². The van der Waals surface area contributed by atoms with Crippen LogP contribution in [0.25, 0.3) is 0 Å². The SMILES string of the molecule is C[C@@H](O)[C@H]1C(=O)N2C(C(=O)O)=C(SC3CN(S(=O)(=O)N(C)C)C3)[C@H](C)[C@H]12. The van der Waals surface area contributed by atoms with E-state index in [0.717, 1.165) is 4.31 Å².